The van der Waals surface area contributed by atoms with Crippen LogP contribution in [0.15, 0.2) is 33.0 Å². The quantitative estimate of drug-likeness (QED) is 0.679. The number of hydrogen-bond donors (Lipinski definition) is 1. The lowest BCUT2D eigenvalue weighted by Crippen LogP contribution is -2.06. The molecular formula is C13H8Cl2O4. The average molecular weight is 299 g/mol. The molecule has 4 nitrogen and oxygen atoms in total. The zero-order valence-corrected chi connectivity index (χ0v) is 11.2. The average Bonchev–Trinajstić information content (AvgIpc) is 2.35. The molecule has 0 saturated heterocycles. The molecule has 0 atom stereocenters. The Morgan fingerprint density at radius 2 is 2.05 bits per heavy atom. The molecule has 0 fully saturated rings. The van der Waals surface area contributed by atoms with Gasteiger partial charge in [0.25, 0.3) is 0 Å². The highest BCUT2D eigenvalue weighted by Gasteiger charge is 2.13. The van der Waals surface area contributed by atoms with Crippen molar-refractivity contribution >= 4 is 46.2 Å². The second-order valence-corrected chi connectivity index (χ2v) is 4.70. The van der Waals surface area contributed by atoms with Crippen LogP contribution in [0.3, 0.4) is 0 Å². The van der Waals surface area contributed by atoms with Gasteiger partial charge in [0.15, 0.2) is 0 Å². The summed E-state index contributed by atoms with van der Waals surface area (Å²) in [4.78, 5) is 22.6. The number of halogens is 2. The SMILES string of the molecule is C/C(=C\c1c(Cl)c2cc(Cl)ccc2oc1=O)C(=O)O. The van der Waals surface area contributed by atoms with Crippen LogP contribution in [0.1, 0.15) is 12.5 Å². The van der Waals surface area contributed by atoms with E-state index in [9.17, 15) is 9.59 Å². The first-order valence-corrected chi connectivity index (χ1v) is 5.99. The van der Waals surface area contributed by atoms with Crippen molar-refractivity contribution in [3.05, 3.63) is 49.8 Å². The predicted molar refractivity (Wildman–Crippen MR) is 73.8 cm³/mol. The van der Waals surface area contributed by atoms with E-state index in [-0.39, 0.29) is 16.2 Å². The maximum Gasteiger partial charge on any atom is 0.345 e. The van der Waals surface area contributed by atoms with Gasteiger partial charge in [-0.05, 0) is 31.2 Å². The molecule has 0 amide bonds. The second-order valence-electron chi connectivity index (χ2n) is 3.89. The van der Waals surface area contributed by atoms with Gasteiger partial charge in [-0.3, -0.25) is 0 Å². The van der Waals surface area contributed by atoms with Crippen LogP contribution >= 0.6 is 23.2 Å². The molecule has 98 valence electrons. The molecule has 1 N–H and O–H groups in total. The lowest BCUT2D eigenvalue weighted by molar-refractivity contribution is -0.132. The Morgan fingerprint density at radius 1 is 1.37 bits per heavy atom. The van der Waals surface area contributed by atoms with Gasteiger partial charge in [-0.2, -0.15) is 0 Å². The largest absolute Gasteiger partial charge is 0.478 e. The van der Waals surface area contributed by atoms with Crippen molar-refractivity contribution < 1.29 is 14.3 Å². The van der Waals surface area contributed by atoms with Crippen LogP contribution in [-0.2, 0) is 4.79 Å². The van der Waals surface area contributed by atoms with E-state index in [1.54, 1.807) is 12.1 Å². The van der Waals surface area contributed by atoms with Crippen LogP contribution in [0.4, 0.5) is 0 Å². The highest BCUT2D eigenvalue weighted by Crippen LogP contribution is 2.28. The summed E-state index contributed by atoms with van der Waals surface area (Å²) in [6.07, 6.45) is 1.18. The molecular weight excluding hydrogens is 291 g/mol. The molecule has 6 heteroatoms. The van der Waals surface area contributed by atoms with E-state index < -0.39 is 11.6 Å². The van der Waals surface area contributed by atoms with E-state index in [0.717, 1.165) is 0 Å². The van der Waals surface area contributed by atoms with E-state index in [1.165, 1.54) is 19.1 Å². The van der Waals surface area contributed by atoms with E-state index >= 15 is 0 Å². The molecule has 0 aliphatic rings. The third-order valence-corrected chi connectivity index (χ3v) is 3.18. The van der Waals surface area contributed by atoms with Gasteiger partial charge in [0.2, 0.25) is 0 Å². The van der Waals surface area contributed by atoms with Gasteiger partial charge in [-0.15, -0.1) is 0 Å². The third-order valence-electron chi connectivity index (χ3n) is 2.54. The van der Waals surface area contributed by atoms with Gasteiger partial charge in [0, 0.05) is 16.0 Å². The summed E-state index contributed by atoms with van der Waals surface area (Å²) < 4.78 is 5.07. The second kappa shape index (κ2) is 5.07. The number of rotatable bonds is 2. The molecule has 0 spiro atoms. The molecule has 1 heterocycles. The number of carbonyl (C=O) groups is 1. The smallest absolute Gasteiger partial charge is 0.345 e. The van der Waals surface area contributed by atoms with E-state index in [0.29, 0.717) is 16.0 Å². The first-order chi connectivity index (χ1) is 8.90. The summed E-state index contributed by atoms with van der Waals surface area (Å²) in [5.41, 5.74) is -0.420. The minimum Gasteiger partial charge on any atom is -0.478 e. The van der Waals surface area contributed by atoms with Crippen molar-refractivity contribution in [1.82, 2.24) is 0 Å². The monoisotopic (exact) mass is 298 g/mol. The molecule has 0 aliphatic heterocycles. The Kier molecular flexibility index (Phi) is 3.64. The Labute approximate surface area is 117 Å². The van der Waals surface area contributed by atoms with Crippen LogP contribution in [0.5, 0.6) is 0 Å². The summed E-state index contributed by atoms with van der Waals surface area (Å²) in [6, 6.07) is 4.65. The molecule has 2 aromatic rings. The Hall–Kier alpha value is -1.78. The standard InChI is InChI=1S/C13H8Cl2O4/c1-6(12(16)17)4-9-11(15)8-5-7(14)2-3-10(8)19-13(9)18/h2-5H,1H3,(H,16,17)/b6-4+. The molecule has 0 saturated carbocycles. The van der Waals surface area contributed by atoms with Gasteiger partial charge >= 0.3 is 11.6 Å². The highest BCUT2D eigenvalue weighted by molar-refractivity contribution is 6.37. The Balaban J connectivity index is 2.79. The summed E-state index contributed by atoms with van der Waals surface area (Å²) in [5, 5.41) is 9.83. The van der Waals surface area contributed by atoms with E-state index in [4.69, 9.17) is 32.7 Å². The van der Waals surface area contributed by atoms with Gasteiger partial charge < -0.3 is 9.52 Å². The number of fused-ring (bicyclic) bond motifs is 1. The van der Waals surface area contributed by atoms with Crippen molar-refractivity contribution in [3.8, 4) is 0 Å². The minimum absolute atomic E-state index is 0.00340. The Morgan fingerprint density at radius 3 is 2.68 bits per heavy atom. The Bertz CT molecular complexity index is 759. The third kappa shape index (κ3) is 2.64. The number of aliphatic carboxylic acids is 1. The lowest BCUT2D eigenvalue weighted by Gasteiger charge is -2.03. The van der Waals surface area contributed by atoms with Gasteiger partial charge in [-0.1, -0.05) is 23.2 Å². The number of carboxylic acid groups (broad SMARTS) is 1. The van der Waals surface area contributed by atoms with Crippen molar-refractivity contribution in [2.45, 2.75) is 6.92 Å². The van der Waals surface area contributed by atoms with Crippen molar-refractivity contribution in [3.63, 3.8) is 0 Å². The van der Waals surface area contributed by atoms with Crippen molar-refractivity contribution in [1.29, 1.82) is 0 Å². The summed E-state index contributed by atoms with van der Waals surface area (Å²) >= 11 is 12.0. The molecule has 1 aromatic carbocycles. The summed E-state index contributed by atoms with van der Waals surface area (Å²) in [7, 11) is 0. The van der Waals surface area contributed by atoms with Gasteiger partial charge in [0.1, 0.15) is 5.58 Å². The zero-order chi connectivity index (χ0) is 14.2. The van der Waals surface area contributed by atoms with Crippen LogP contribution in [0, 0.1) is 0 Å². The maximum atomic E-state index is 11.8. The number of carboxylic acids is 1. The van der Waals surface area contributed by atoms with E-state index in [2.05, 4.69) is 0 Å². The predicted octanol–water partition coefficient (Wildman–Crippen LogP) is 3.59. The molecule has 1 aromatic heterocycles. The van der Waals surface area contributed by atoms with Gasteiger partial charge in [-0.25, -0.2) is 9.59 Å². The molecule has 2 rings (SSSR count). The molecule has 0 radical (unpaired) electrons. The van der Waals surface area contributed by atoms with Crippen LogP contribution in [-0.4, -0.2) is 11.1 Å². The van der Waals surface area contributed by atoms with E-state index in [1.807, 2.05) is 0 Å². The summed E-state index contributed by atoms with van der Waals surface area (Å²) in [6.45, 7) is 1.36. The van der Waals surface area contributed by atoms with Crippen LogP contribution in [0.2, 0.25) is 10.0 Å². The molecule has 0 unspecified atom stereocenters. The fourth-order valence-corrected chi connectivity index (χ4v) is 2.00. The fourth-order valence-electron chi connectivity index (χ4n) is 1.55. The molecule has 0 bridgehead atoms. The minimum atomic E-state index is -1.14. The fraction of sp³-hybridized carbons (Fsp3) is 0.0769. The number of benzene rings is 1. The van der Waals surface area contributed by atoms with Crippen LogP contribution in [0.25, 0.3) is 17.0 Å². The zero-order valence-electron chi connectivity index (χ0n) is 9.74. The van der Waals surface area contributed by atoms with Crippen molar-refractivity contribution in [2.24, 2.45) is 0 Å². The lowest BCUT2D eigenvalue weighted by atomic mass is 10.1. The van der Waals surface area contributed by atoms with Crippen LogP contribution < -0.4 is 5.63 Å². The maximum absolute atomic E-state index is 11.8. The topological polar surface area (TPSA) is 67.5 Å². The highest BCUT2D eigenvalue weighted by atomic mass is 35.5. The summed E-state index contributed by atoms with van der Waals surface area (Å²) in [5.74, 6) is -1.14. The first kappa shape index (κ1) is 13.6. The molecule has 0 aliphatic carbocycles. The molecule has 19 heavy (non-hydrogen) atoms. The normalized spacial score (nSPS) is 11.8. The van der Waals surface area contributed by atoms with Gasteiger partial charge in [0.05, 0.1) is 10.6 Å². The first-order valence-electron chi connectivity index (χ1n) is 5.23. The number of hydrogen-bond acceptors (Lipinski definition) is 3. The van der Waals surface area contributed by atoms with Crippen molar-refractivity contribution in [2.75, 3.05) is 0 Å².